The standard InChI is InChI=1S/C25H26N2O3.C4H10N2.C3H9N/c1-18-12-13-21(25(29)26-14-7-15-28)17-24(18)27-19(2)20-8-6-11-23(16-20)30-22-9-4-3-5-10-22;1-2-3-6-4-5;1-2-3-4/h3-6,8-13,16-17,28H,7,14-15H2,1-2H3,(H,26,29);4H,2-3H2,1H3,(H2,5,6);2-4H2,1H3. The van der Waals surface area contributed by atoms with E-state index in [0.29, 0.717) is 18.5 Å². The minimum Gasteiger partial charge on any atom is -0.457 e. The Bertz CT molecular complexity index is 1180. The molecule has 0 saturated carbocycles. The fraction of sp³-hybridized carbons (Fsp3) is 0.344. The van der Waals surface area contributed by atoms with Gasteiger partial charge in [-0.25, -0.2) is 0 Å². The summed E-state index contributed by atoms with van der Waals surface area (Å²) in [4.78, 5) is 20.8. The van der Waals surface area contributed by atoms with Crippen LogP contribution in [0.4, 0.5) is 5.69 Å². The van der Waals surface area contributed by atoms with E-state index in [-0.39, 0.29) is 12.5 Å². The van der Waals surface area contributed by atoms with E-state index < -0.39 is 0 Å². The van der Waals surface area contributed by atoms with Crippen molar-refractivity contribution in [2.24, 2.45) is 21.5 Å². The number of benzene rings is 3. The molecule has 0 aromatic heterocycles. The Hall–Kier alpha value is -4.01. The normalized spacial score (nSPS) is 10.7. The van der Waals surface area contributed by atoms with Crippen LogP contribution in [-0.4, -0.2) is 49.3 Å². The van der Waals surface area contributed by atoms with E-state index in [1.54, 1.807) is 12.1 Å². The number of aliphatic hydroxyl groups excluding tert-OH is 1. The SMILES string of the molecule is CC(=Nc1cc(C(=O)NCCCO)ccc1C)c1cccc(Oc2ccccc2)c1.CCCN.CCCN=CN. The van der Waals surface area contributed by atoms with E-state index in [4.69, 9.17) is 26.3 Å². The zero-order valence-electron chi connectivity index (χ0n) is 24.3. The molecule has 0 bridgehead atoms. The summed E-state index contributed by atoms with van der Waals surface area (Å²) in [5, 5.41) is 11.7. The number of aryl methyl sites for hydroxylation is 1. The van der Waals surface area contributed by atoms with E-state index in [2.05, 4.69) is 24.2 Å². The molecule has 0 aliphatic rings. The number of nitrogens with zero attached hydrogens (tertiary/aromatic N) is 2. The van der Waals surface area contributed by atoms with Gasteiger partial charge in [-0.3, -0.25) is 14.8 Å². The zero-order valence-corrected chi connectivity index (χ0v) is 24.3. The molecular formula is C32H45N5O3. The third kappa shape index (κ3) is 13.7. The predicted molar refractivity (Wildman–Crippen MR) is 167 cm³/mol. The number of carbonyl (C=O) groups is 1. The van der Waals surface area contributed by atoms with Crippen LogP contribution in [0.5, 0.6) is 11.5 Å². The van der Waals surface area contributed by atoms with Crippen molar-refractivity contribution in [2.75, 3.05) is 26.2 Å². The average Bonchev–Trinajstić information content (AvgIpc) is 2.98. The highest BCUT2D eigenvalue weighted by atomic mass is 16.5. The van der Waals surface area contributed by atoms with Crippen molar-refractivity contribution in [3.8, 4) is 11.5 Å². The Morgan fingerprint density at radius 3 is 2.27 bits per heavy atom. The number of rotatable bonds is 11. The number of nitrogens with one attached hydrogen (secondary N) is 1. The van der Waals surface area contributed by atoms with E-state index >= 15 is 0 Å². The summed E-state index contributed by atoms with van der Waals surface area (Å²) in [6, 6.07) is 22.9. The van der Waals surface area contributed by atoms with Crippen LogP contribution in [0.2, 0.25) is 0 Å². The Balaban J connectivity index is 0.000000686. The largest absolute Gasteiger partial charge is 0.457 e. The number of aliphatic imine (C=N–C) groups is 2. The Morgan fingerprint density at radius 2 is 1.68 bits per heavy atom. The summed E-state index contributed by atoms with van der Waals surface area (Å²) in [5.41, 5.74) is 14.0. The van der Waals surface area contributed by atoms with Crippen molar-refractivity contribution in [2.45, 2.75) is 47.0 Å². The van der Waals surface area contributed by atoms with Gasteiger partial charge < -0.3 is 26.6 Å². The van der Waals surface area contributed by atoms with Crippen LogP contribution in [0.3, 0.4) is 0 Å². The second-order valence-electron chi connectivity index (χ2n) is 8.82. The van der Waals surface area contributed by atoms with Gasteiger partial charge in [-0.2, -0.15) is 0 Å². The Labute approximate surface area is 239 Å². The van der Waals surface area contributed by atoms with Crippen molar-refractivity contribution in [3.63, 3.8) is 0 Å². The number of ether oxygens (including phenoxy) is 1. The van der Waals surface area contributed by atoms with Gasteiger partial charge in [0, 0.05) is 31.0 Å². The average molecular weight is 548 g/mol. The number of carbonyl (C=O) groups excluding carboxylic acids is 1. The first-order valence-corrected chi connectivity index (χ1v) is 13.7. The van der Waals surface area contributed by atoms with Crippen LogP contribution < -0.4 is 21.5 Å². The molecule has 0 spiro atoms. The van der Waals surface area contributed by atoms with Gasteiger partial charge >= 0.3 is 0 Å². The van der Waals surface area contributed by atoms with Gasteiger partial charge in [0.1, 0.15) is 11.5 Å². The van der Waals surface area contributed by atoms with Gasteiger partial charge in [0.15, 0.2) is 0 Å². The fourth-order valence-electron chi connectivity index (χ4n) is 3.11. The molecule has 8 nitrogen and oxygen atoms in total. The molecule has 3 aromatic rings. The molecular weight excluding hydrogens is 502 g/mol. The highest BCUT2D eigenvalue weighted by Crippen LogP contribution is 2.25. The molecule has 40 heavy (non-hydrogen) atoms. The van der Waals surface area contributed by atoms with Gasteiger partial charge in [0.2, 0.25) is 0 Å². The third-order valence-corrected chi connectivity index (χ3v) is 5.36. The molecule has 0 aliphatic heterocycles. The molecule has 3 aromatic carbocycles. The molecule has 6 N–H and O–H groups in total. The summed E-state index contributed by atoms with van der Waals surface area (Å²) in [5.74, 6) is 1.35. The van der Waals surface area contributed by atoms with Gasteiger partial charge in [-0.05, 0) is 87.2 Å². The first-order valence-electron chi connectivity index (χ1n) is 13.7. The number of aliphatic hydroxyl groups is 1. The zero-order chi connectivity index (χ0) is 29.6. The quantitative estimate of drug-likeness (QED) is 0.137. The summed E-state index contributed by atoms with van der Waals surface area (Å²) in [6.45, 7) is 10.2. The monoisotopic (exact) mass is 547 g/mol. The van der Waals surface area contributed by atoms with Crippen LogP contribution in [0.1, 0.15) is 61.5 Å². The Morgan fingerprint density at radius 1 is 0.975 bits per heavy atom. The molecule has 0 aliphatic carbocycles. The van der Waals surface area contributed by atoms with Crippen molar-refractivity contribution < 1.29 is 14.6 Å². The van der Waals surface area contributed by atoms with Crippen LogP contribution in [0.25, 0.3) is 0 Å². The van der Waals surface area contributed by atoms with Crippen molar-refractivity contribution in [1.29, 1.82) is 0 Å². The van der Waals surface area contributed by atoms with Crippen molar-refractivity contribution in [1.82, 2.24) is 5.32 Å². The van der Waals surface area contributed by atoms with Crippen molar-refractivity contribution >= 4 is 23.6 Å². The van der Waals surface area contributed by atoms with Gasteiger partial charge in [-0.15, -0.1) is 0 Å². The fourth-order valence-corrected chi connectivity index (χ4v) is 3.11. The lowest BCUT2D eigenvalue weighted by Crippen LogP contribution is -2.24. The molecule has 3 rings (SSSR count). The molecule has 0 heterocycles. The van der Waals surface area contributed by atoms with Crippen LogP contribution in [0, 0.1) is 6.92 Å². The maximum absolute atomic E-state index is 12.3. The second-order valence-corrected chi connectivity index (χ2v) is 8.82. The lowest BCUT2D eigenvalue weighted by atomic mass is 10.1. The van der Waals surface area contributed by atoms with Crippen LogP contribution in [-0.2, 0) is 0 Å². The maximum atomic E-state index is 12.3. The summed E-state index contributed by atoms with van der Waals surface area (Å²) in [7, 11) is 0. The number of hydrogen-bond acceptors (Lipinski definition) is 6. The number of amides is 1. The van der Waals surface area contributed by atoms with E-state index in [9.17, 15) is 4.79 Å². The Kier molecular flexibility index (Phi) is 17.8. The molecule has 0 radical (unpaired) electrons. The second kappa shape index (κ2) is 20.9. The molecule has 8 heteroatoms. The molecule has 0 atom stereocenters. The summed E-state index contributed by atoms with van der Waals surface area (Å²) >= 11 is 0. The minimum absolute atomic E-state index is 0.0516. The first-order chi connectivity index (χ1) is 19.4. The summed E-state index contributed by atoms with van der Waals surface area (Å²) in [6.07, 6.45) is 4.04. The lowest BCUT2D eigenvalue weighted by Gasteiger charge is -2.09. The van der Waals surface area contributed by atoms with E-state index in [1.165, 1.54) is 6.34 Å². The van der Waals surface area contributed by atoms with Gasteiger partial charge in [0.05, 0.1) is 12.0 Å². The topological polar surface area (TPSA) is 135 Å². The first kappa shape index (κ1) is 34.0. The van der Waals surface area contributed by atoms with Crippen LogP contribution in [0.15, 0.2) is 82.8 Å². The number of nitrogens with two attached hydrogens (primary N) is 2. The van der Waals surface area contributed by atoms with E-state index in [1.807, 2.05) is 74.5 Å². The molecule has 1 amide bonds. The number of para-hydroxylation sites is 1. The van der Waals surface area contributed by atoms with Crippen molar-refractivity contribution in [3.05, 3.63) is 89.5 Å². The predicted octanol–water partition coefficient (Wildman–Crippen LogP) is 5.78. The van der Waals surface area contributed by atoms with Gasteiger partial charge in [0.25, 0.3) is 5.91 Å². The highest BCUT2D eigenvalue weighted by molar-refractivity contribution is 6.01. The molecule has 0 saturated heterocycles. The smallest absolute Gasteiger partial charge is 0.251 e. The van der Waals surface area contributed by atoms with E-state index in [0.717, 1.165) is 60.0 Å². The highest BCUT2D eigenvalue weighted by Gasteiger charge is 2.09. The third-order valence-electron chi connectivity index (χ3n) is 5.36. The molecule has 0 unspecified atom stereocenters. The molecule has 216 valence electrons. The van der Waals surface area contributed by atoms with Gasteiger partial charge in [-0.1, -0.05) is 50.2 Å². The lowest BCUT2D eigenvalue weighted by molar-refractivity contribution is 0.0951. The number of hydrogen-bond donors (Lipinski definition) is 4. The molecule has 0 fully saturated rings. The minimum atomic E-state index is -0.171. The maximum Gasteiger partial charge on any atom is 0.251 e. The van der Waals surface area contributed by atoms with Crippen LogP contribution >= 0.6 is 0 Å². The summed E-state index contributed by atoms with van der Waals surface area (Å²) < 4.78 is 5.91.